The first-order valence-corrected chi connectivity index (χ1v) is 9.85. The third-order valence-corrected chi connectivity index (χ3v) is 5.11. The fourth-order valence-corrected chi connectivity index (χ4v) is 3.52. The van der Waals surface area contributed by atoms with Crippen LogP contribution in [0.25, 0.3) is 0 Å². The molecule has 0 atom stereocenters. The van der Waals surface area contributed by atoms with Crippen LogP contribution in [-0.2, 0) is 4.79 Å². The number of benzene rings is 2. The van der Waals surface area contributed by atoms with E-state index in [9.17, 15) is 9.90 Å². The molecule has 0 aliphatic carbocycles. The Morgan fingerprint density at radius 1 is 1.14 bits per heavy atom. The van der Waals surface area contributed by atoms with E-state index < -0.39 is 0 Å². The number of phenols is 1. The standard InChI is InChI=1S/C22H29N3O3/c1-17-3-8-21(18(2)15-17)28-14-9-23-22(27)16-24-10-12-25(13-11-24)19-4-6-20(26)7-5-19/h3-8,15,26H,9-14,16H2,1-2H3,(H,23,27)/p+1. The Morgan fingerprint density at radius 2 is 1.86 bits per heavy atom. The van der Waals surface area contributed by atoms with Gasteiger partial charge in [0.2, 0.25) is 0 Å². The molecule has 2 aromatic rings. The summed E-state index contributed by atoms with van der Waals surface area (Å²) in [6.45, 7) is 9.23. The maximum absolute atomic E-state index is 12.2. The third kappa shape index (κ3) is 5.63. The van der Waals surface area contributed by atoms with Crippen LogP contribution in [0.1, 0.15) is 11.1 Å². The largest absolute Gasteiger partial charge is 0.508 e. The molecule has 0 radical (unpaired) electrons. The third-order valence-electron chi connectivity index (χ3n) is 5.11. The first-order chi connectivity index (χ1) is 13.5. The molecule has 1 saturated heterocycles. The van der Waals surface area contributed by atoms with Gasteiger partial charge in [-0.25, -0.2) is 0 Å². The van der Waals surface area contributed by atoms with Crippen LogP contribution in [0, 0.1) is 13.8 Å². The number of aryl methyl sites for hydroxylation is 2. The summed E-state index contributed by atoms with van der Waals surface area (Å²) in [5.41, 5.74) is 3.44. The summed E-state index contributed by atoms with van der Waals surface area (Å²) in [4.78, 5) is 15.8. The van der Waals surface area contributed by atoms with Gasteiger partial charge in [0.25, 0.3) is 5.91 Å². The van der Waals surface area contributed by atoms with Crippen molar-refractivity contribution in [2.24, 2.45) is 0 Å². The summed E-state index contributed by atoms with van der Waals surface area (Å²) in [7, 11) is 0. The Bertz CT molecular complexity index is 784. The molecular formula is C22H30N3O3+. The van der Waals surface area contributed by atoms with Crippen molar-refractivity contribution in [2.75, 3.05) is 50.8 Å². The number of nitrogens with one attached hydrogen (secondary N) is 2. The molecule has 0 saturated carbocycles. The molecule has 3 rings (SSSR count). The van der Waals surface area contributed by atoms with E-state index in [2.05, 4.69) is 23.2 Å². The highest BCUT2D eigenvalue weighted by Gasteiger charge is 2.22. The van der Waals surface area contributed by atoms with Gasteiger partial charge in [0.1, 0.15) is 18.1 Å². The van der Waals surface area contributed by atoms with Crippen molar-refractivity contribution in [3.8, 4) is 11.5 Å². The van der Waals surface area contributed by atoms with E-state index in [0.29, 0.717) is 19.7 Å². The zero-order valence-electron chi connectivity index (χ0n) is 16.7. The molecule has 6 nitrogen and oxygen atoms in total. The summed E-state index contributed by atoms with van der Waals surface area (Å²) in [5, 5.41) is 12.4. The van der Waals surface area contributed by atoms with Gasteiger partial charge in [-0.15, -0.1) is 0 Å². The molecule has 1 amide bonds. The first-order valence-electron chi connectivity index (χ1n) is 9.85. The van der Waals surface area contributed by atoms with Crippen molar-refractivity contribution in [2.45, 2.75) is 13.8 Å². The van der Waals surface area contributed by atoms with E-state index in [1.807, 2.05) is 31.2 Å². The zero-order valence-corrected chi connectivity index (χ0v) is 16.7. The smallest absolute Gasteiger partial charge is 0.275 e. The number of nitrogens with zero attached hydrogens (tertiary/aromatic N) is 1. The van der Waals surface area contributed by atoms with Gasteiger partial charge in [0.15, 0.2) is 6.54 Å². The number of quaternary nitrogens is 1. The Hall–Kier alpha value is -2.73. The number of anilines is 1. The van der Waals surface area contributed by atoms with Crippen LogP contribution in [0.5, 0.6) is 11.5 Å². The molecule has 0 aromatic heterocycles. The predicted octanol–water partition coefficient (Wildman–Crippen LogP) is 0.909. The number of amides is 1. The molecule has 2 aromatic carbocycles. The van der Waals surface area contributed by atoms with Crippen molar-refractivity contribution in [1.29, 1.82) is 0 Å². The van der Waals surface area contributed by atoms with Crippen LogP contribution < -0.4 is 19.9 Å². The Labute approximate surface area is 166 Å². The van der Waals surface area contributed by atoms with Crippen molar-refractivity contribution in [3.63, 3.8) is 0 Å². The van der Waals surface area contributed by atoms with Crippen molar-refractivity contribution >= 4 is 11.6 Å². The van der Waals surface area contributed by atoms with E-state index in [0.717, 1.165) is 43.2 Å². The molecule has 0 unspecified atom stereocenters. The number of piperazine rings is 1. The molecule has 1 heterocycles. The zero-order chi connectivity index (χ0) is 19.9. The second-order valence-electron chi connectivity index (χ2n) is 7.40. The topological polar surface area (TPSA) is 66.2 Å². The number of hydrogen-bond acceptors (Lipinski definition) is 4. The van der Waals surface area contributed by atoms with Crippen LogP contribution in [0.4, 0.5) is 5.69 Å². The summed E-state index contributed by atoms with van der Waals surface area (Å²) < 4.78 is 5.76. The second-order valence-corrected chi connectivity index (χ2v) is 7.40. The first kappa shape index (κ1) is 20.0. The minimum Gasteiger partial charge on any atom is -0.508 e. The number of rotatable bonds is 7. The molecule has 150 valence electrons. The van der Waals surface area contributed by atoms with Crippen LogP contribution in [0.3, 0.4) is 0 Å². The molecule has 1 aliphatic heterocycles. The number of hydrogen-bond donors (Lipinski definition) is 3. The molecule has 3 N–H and O–H groups in total. The minimum atomic E-state index is 0.0670. The predicted molar refractivity (Wildman–Crippen MR) is 110 cm³/mol. The van der Waals surface area contributed by atoms with E-state index in [4.69, 9.17) is 4.74 Å². The number of ether oxygens (including phenoxy) is 1. The van der Waals surface area contributed by atoms with E-state index >= 15 is 0 Å². The highest BCUT2D eigenvalue weighted by molar-refractivity contribution is 5.76. The van der Waals surface area contributed by atoms with Crippen molar-refractivity contribution in [3.05, 3.63) is 53.6 Å². The lowest BCUT2D eigenvalue weighted by Crippen LogP contribution is -3.16. The lowest BCUT2D eigenvalue weighted by molar-refractivity contribution is -0.892. The van der Waals surface area contributed by atoms with Gasteiger partial charge in [-0.2, -0.15) is 0 Å². The minimum absolute atomic E-state index is 0.0670. The number of carbonyl (C=O) groups excluding carboxylic acids is 1. The van der Waals surface area contributed by atoms with E-state index in [1.54, 1.807) is 12.1 Å². The molecule has 0 bridgehead atoms. The van der Waals surface area contributed by atoms with Gasteiger partial charge in [0, 0.05) is 5.69 Å². The van der Waals surface area contributed by atoms with Gasteiger partial charge in [-0.1, -0.05) is 17.7 Å². The van der Waals surface area contributed by atoms with Crippen LogP contribution in [-0.4, -0.2) is 56.9 Å². The molecule has 0 spiro atoms. The number of phenolic OH excluding ortho intramolecular Hbond substituents is 1. The van der Waals surface area contributed by atoms with Gasteiger partial charge in [0.05, 0.1) is 32.7 Å². The van der Waals surface area contributed by atoms with E-state index in [-0.39, 0.29) is 11.7 Å². The molecule has 6 heteroatoms. The average molecular weight is 385 g/mol. The lowest BCUT2D eigenvalue weighted by atomic mass is 10.1. The van der Waals surface area contributed by atoms with Crippen molar-refractivity contribution < 1.29 is 19.5 Å². The SMILES string of the molecule is Cc1ccc(OCCNC(=O)C[NH+]2CCN(c3ccc(O)cc3)CC2)c(C)c1. The highest BCUT2D eigenvalue weighted by Crippen LogP contribution is 2.19. The lowest BCUT2D eigenvalue weighted by Gasteiger charge is -2.33. The van der Waals surface area contributed by atoms with Crippen LogP contribution in [0.15, 0.2) is 42.5 Å². The highest BCUT2D eigenvalue weighted by atomic mass is 16.5. The number of carbonyl (C=O) groups is 1. The molecule has 28 heavy (non-hydrogen) atoms. The summed E-state index contributed by atoms with van der Waals surface area (Å²) >= 11 is 0. The quantitative estimate of drug-likeness (QED) is 0.621. The average Bonchev–Trinajstić information content (AvgIpc) is 2.68. The van der Waals surface area contributed by atoms with E-state index in [1.165, 1.54) is 10.5 Å². The summed E-state index contributed by atoms with van der Waals surface area (Å²) in [6.07, 6.45) is 0. The normalized spacial score (nSPS) is 14.7. The van der Waals surface area contributed by atoms with Crippen LogP contribution in [0.2, 0.25) is 0 Å². The monoisotopic (exact) mass is 384 g/mol. The fraction of sp³-hybridized carbons (Fsp3) is 0.409. The summed E-state index contributed by atoms with van der Waals surface area (Å²) in [5.74, 6) is 1.22. The summed E-state index contributed by atoms with van der Waals surface area (Å²) in [6, 6.07) is 13.4. The fourth-order valence-electron chi connectivity index (χ4n) is 3.52. The molecule has 1 fully saturated rings. The Balaban J connectivity index is 1.34. The number of aromatic hydroxyl groups is 1. The van der Waals surface area contributed by atoms with Gasteiger partial charge >= 0.3 is 0 Å². The van der Waals surface area contributed by atoms with Crippen molar-refractivity contribution in [1.82, 2.24) is 5.32 Å². The van der Waals surface area contributed by atoms with Gasteiger partial charge in [-0.05, 0) is 49.7 Å². The van der Waals surface area contributed by atoms with Gasteiger partial charge in [-0.3, -0.25) is 4.79 Å². The maximum atomic E-state index is 12.2. The second kappa shape index (κ2) is 9.46. The Morgan fingerprint density at radius 3 is 2.54 bits per heavy atom. The van der Waals surface area contributed by atoms with Gasteiger partial charge < -0.3 is 25.0 Å². The molecular weight excluding hydrogens is 354 g/mol. The molecule has 1 aliphatic rings. The van der Waals surface area contributed by atoms with Crippen LogP contribution >= 0.6 is 0 Å². The maximum Gasteiger partial charge on any atom is 0.275 e. The Kier molecular flexibility index (Phi) is 6.76.